The molecule has 54 valence electrons. The van der Waals surface area contributed by atoms with Crippen LogP contribution in [-0.4, -0.2) is 24.8 Å². The van der Waals surface area contributed by atoms with E-state index in [1.54, 1.807) is 0 Å². The molecule has 1 heterocycles. The zero-order valence-corrected chi connectivity index (χ0v) is 6.40. The number of nitrogens with one attached hydrogen (secondary N) is 1. The van der Waals surface area contributed by atoms with Gasteiger partial charge in [0.15, 0.2) is 0 Å². The maximum absolute atomic E-state index is 5.43. The molecule has 0 saturated carbocycles. The molecular weight excluding hydrogens is 114 g/mol. The molecule has 1 atom stereocenters. The summed E-state index contributed by atoms with van der Waals surface area (Å²) in [4.78, 5) is 0. The van der Waals surface area contributed by atoms with E-state index in [1.165, 1.54) is 0 Å². The molecular formula is C7H15NO. The third kappa shape index (κ3) is 1.43. The lowest BCUT2D eigenvalue weighted by Crippen LogP contribution is -2.54. The third-order valence-corrected chi connectivity index (χ3v) is 2.07. The van der Waals surface area contributed by atoms with E-state index in [9.17, 15) is 0 Å². The van der Waals surface area contributed by atoms with Gasteiger partial charge in [-0.2, -0.15) is 0 Å². The molecule has 0 radical (unpaired) electrons. The Hall–Kier alpha value is -0.0800. The molecule has 1 rings (SSSR count). The Morgan fingerprint density at radius 2 is 2.22 bits per heavy atom. The summed E-state index contributed by atoms with van der Waals surface area (Å²) in [5, 5.41) is 3.38. The van der Waals surface area contributed by atoms with Gasteiger partial charge in [-0.05, 0) is 20.8 Å². The minimum Gasteiger partial charge on any atom is -0.375 e. The van der Waals surface area contributed by atoms with Crippen molar-refractivity contribution in [3.05, 3.63) is 0 Å². The quantitative estimate of drug-likeness (QED) is 0.521. The summed E-state index contributed by atoms with van der Waals surface area (Å²) in [7, 11) is 0. The third-order valence-electron chi connectivity index (χ3n) is 2.07. The second-order valence-corrected chi connectivity index (χ2v) is 3.16. The lowest BCUT2D eigenvalue weighted by atomic mass is 9.97. The number of morpholine rings is 1. The van der Waals surface area contributed by atoms with Gasteiger partial charge < -0.3 is 10.1 Å². The van der Waals surface area contributed by atoms with Crippen molar-refractivity contribution in [3.8, 4) is 0 Å². The van der Waals surface area contributed by atoms with Crippen LogP contribution in [0, 0.1) is 0 Å². The van der Waals surface area contributed by atoms with E-state index in [0.29, 0.717) is 6.10 Å². The van der Waals surface area contributed by atoms with Crippen molar-refractivity contribution in [3.63, 3.8) is 0 Å². The van der Waals surface area contributed by atoms with Gasteiger partial charge in [0, 0.05) is 12.1 Å². The van der Waals surface area contributed by atoms with E-state index < -0.39 is 0 Å². The van der Waals surface area contributed by atoms with Crippen LogP contribution in [0.4, 0.5) is 0 Å². The van der Waals surface area contributed by atoms with Crippen molar-refractivity contribution in [1.29, 1.82) is 0 Å². The topological polar surface area (TPSA) is 21.3 Å². The van der Waals surface area contributed by atoms with E-state index in [-0.39, 0.29) is 5.54 Å². The summed E-state index contributed by atoms with van der Waals surface area (Å²) in [5.74, 6) is 0. The lowest BCUT2D eigenvalue weighted by Gasteiger charge is -2.37. The highest BCUT2D eigenvalue weighted by molar-refractivity contribution is 4.86. The number of hydrogen-bond donors (Lipinski definition) is 1. The molecule has 0 spiro atoms. The Balaban J connectivity index is 2.49. The zero-order chi connectivity index (χ0) is 6.91. The lowest BCUT2D eigenvalue weighted by molar-refractivity contribution is -0.0248. The molecule has 2 nitrogen and oxygen atoms in total. The molecule has 1 aliphatic heterocycles. The fourth-order valence-corrected chi connectivity index (χ4v) is 0.961. The van der Waals surface area contributed by atoms with Gasteiger partial charge in [-0.15, -0.1) is 0 Å². The second-order valence-electron chi connectivity index (χ2n) is 3.16. The zero-order valence-electron chi connectivity index (χ0n) is 6.40. The predicted molar refractivity (Wildman–Crippen MR) is 37.5 cm³/mol. The second kappa shape index (κ2) is 2.27. The highest BCUT2D eigenvalue weighted by atomic mass is 16.5. The minimum atomic E-state index is 0.165. The Morgan fingerprint density at radius 1 is 1.56 bits per heavy atom. The molecule has 2 heteroatoms. The van der Waals surface area contributed by atoms with Gasteiger partial charge in [0.1, 0.15) is 0 Å². The van der Waals surface area contributed by atoms with Gasteiger partial charge in [-0.1, -0.05) is 0 Å². The highest BCUT2D eigenvalue weighted by Crippen LogP contribution is 2.14. The van der Waals surface area contributed by atoms with Gasteiger partial charge in [0.05, 0.1) is 12.7 Å². The Morgan fingerprint density at radius 3 is 2.56 bits per heavy atom. The standard InChI is InChI=1S/C7H15NO/c1-6-7(2,3)8-4-5-9-6/h6,8H,4-5H2,1-3H3/t6-/m0/s1. The van der Waals surface area contributed by atoms with Crippen LogP contribution in [-0.2, 0) is 4.74 Å². The van der Waals surface area contributed by atoms with Gasteiger partial charge in [-0.25, -0.2) is 0 Å². The molecule has 0 aromatic heterocycles. The van der Waals surface area contributed by atoms with Crippen LogP contribution in [0.1, 0.15) is 20.8 Å². The molecule has 0 aromatic carbocycles. The monoisotopic (exact) mass is 129 g/mol. The van der Waals surface area contributed by atoms with E-state index in [4.69, 9.17) is 4.74 Å². The van der Waals surface area contributed by atoms with Crippen LogP contribution in [0.3, 0.4) is 0 Å². The fraction of sp³-hybridized carbons (Fsp3) is 1.00. The maximum atomic E-state index is 5.43. The predicted octanol–water partition coefficient (Wildman–Crippen LogP) is 0.773. The number of hydrogen-bond acceptors (Lipinski definition) is 2. The van der Waals surface area contributed by atoms with E-state index in [2.05, 4.69) is 26.1 Å². The highest BCUT2D eigenvalue weighted by Gasteiger charge is 2.28. The number of rotatable bonds is 0. The molecule has 0 bridgehead atoms. The summed E-state index contributed by atoms with van der Waals surface area (Å²) in [6, 6.07) is 0. The van der Waals surface area contributed by atoms with Crippen molar-refractivity contribution in [2.45, 2.75) is 32.4 Å². The van der Waals surface area contributed by atoms with Gasteiger partial charge in [-0.3, -0.25) is 0 Å². The first kappa shape index (κ1) is 7.03. The summed E-state index contributed by atoms with van der Waals surface area (Å²) < 4.78 is 5.43. The average Bonchev–Trinajstić information content (AvgIpc) is 1.77. The van der Waals surface area contributed by atoms with Crippen molar-refractivity contribution >= 4 is 0 Å². The minimum absolute atomic E-state index is 0.165. The smallest absolute Gasteiger partial charge is 0.0723 e. The molecule has 1 N–H and O–H groups in total. The van der Waals surface area contributed by atoms with Crippen molar-refractivity contribution < 1.29 is 4.74 Å². The normalized spacial score (nSPS) is 34.3. The van der Waals surface area contributed by atoms with E-state index in [1.807, 2.05) is 0 Å². The Bertz CT molecular complexity index is 101. The molecule has 0 unspecified atom stereocenters. The SMILES string of the molecule is C[C@@H]1OCCNC1(C)C. The first-order valence-corrected chi connectivity index (χ1v) is 3.49. The van der Waals surface area contributed by atoms with Gasteiger partial charge >= 0.3 is 0 Å². The van der Waals surface area contributed by atoms with Crippen LogP contribution >= 0.6 is 0 Å². The molecule has 1 saturated heterocycles. The molecule has 9 heavy (non-hydrogen) atoms. The summed E-state index contributed by atoms with van der Waals surface area (Å²) in [5.41, 5.74) is 0.165. The molecule has 1 fully saturated rings. The van der Waals surface area contributed by atoms with Crippen molar-refractivity contribution in [2.75, 3.05) is 13.2 Å². The Kier molecular flexibility index (Phi) is 1.78. The van der Waals surface area contributed by atoms with Gasteiger partial charge in [0.2, 0.25) is 0 Å². The first-order chi connectivity index (χ1) is 4.13. The van der Waals surface area contributed by atoms with E-state index >= 15 is 0 Å². The number of ether oxygens (including phenoxy) is 1. The van der Waals surface area contributed by atoms with E-state index in [0.717, 1.165) is 13.2 Å². The average molecular weight is 129 g/mol. The maximum Gasteiger partial charge on any atom is 0.0723 e. The molecule has 0 amide bonds. The largest absolute Gasteiger partial charge is 0.375 e. The van der Waals surface area contributed by atoms with Gasteiger partial charge in [0.25, 0.3) is 0 Å². The summed E-state index contributed by atoms with van der Waals surface area (Å²) >= 11 is 0. The van der Waals surface area contributed by atoms with Crippen LogP contribution < -0.4 is 5.32 Å². The van der Waals surface area contributed by atoms with Crippen molar-refractivity contribution in [2.24, 2.45) is 0 Å². The van der Waals surface area contributed by atoms with Crippen molar-refractivity contribution in [1.82, 2.24) is 5.32 Å². The van der Waals surface area contributed by atoms with Crippen LogP contribution in [0.5, 0.6) is 0 Å². The summed E-state index contributed by atoms with van der Waals surface area (Å²) in [6.45, 7) is 8.27. The molecule has 1 aliphatic rings. The van der Waals surface area contributed by atoms with Crippen LogP contribution in [0.2, 0.25) is 0 Å². The fourth-order valence-electron chi connectivity index (χ4n) is 0.961. The molecule has 0 aromatic rings. The van der Waals surface area contributed by atoms with Crippen LogP contribution in [0.15, 0.2) is 0 Å². The molecule has 0 aliphatic carbocycles. The summed E-state index contributed by atoms with van der Waals surface area (Å²) in [6.07, 6.45) is 0.339. The first-order valence-electron chi connectivity index (χ1n) is 3.49. The van der Waals surface area contributed by atoms with Crippen LogP contribution in [0.25, 0.3) is 0 Å². The Labute approximate surface area is 56.6 Å².